The van der Waals surface area contributed by atoms with Gasteiger partial charge in [0.2, 0.25) is 0 Å². The average Bonchev–Trinajstić information content (AvgIpc) is 2.68. The van der Waals surface area contributed by atoms with Gasteiger partial charge in [0, 0.05) is 25.2 Å². The van der Waals surface area contributed by atoms with Crippen molar-refractivity contribution < 1.29 is 4.74 Å². The first-order chi connectivity index (χ1) is 12.7. The molecule has 0 amide bonds. The van der Waals surface area contributed by atoms with E-state index in [0.717, 1.165) is 42.7 Å². The van der Waals surface area contributed by atoms with Crippen LogP contribution in [0.15, 0.2) is 30.3 Å². The summed E-state index contributed by atoms with van der Waals surface area (Å²) < 4.78 is 5.43. The first-order valence-electron chi connectivity index (χ1n) is 9.69. The molecule has 26 heavy (non-hydrogen) atoms. The Morgan fingerprint density at radius 3 is 2.88 bits per heavy atom. The highest BCUT2D eigenvalue weighted by atomic mass is 16.5. The summed E-state index contributed by atoms with van der Waals surface area (Å²) in [4.78, 5) is 11.7. The second-order valence-electron chi connectivity index (χ2n) is 6.90. The zero-order valence-electron chi connectivity index (χ0n) is 16.2. The maximum absolute atomic E-state index is 5.43. The predicted molar refractivity (Wildman–Crippen MR) is 107 cm³/mol. The first-order valence-corrected chi connectivity index (χ1v) is 9.69. The topological polar surface area (TPSA) is 50.3 Å². The molecule has 140 valence electrons. The predicted octanol–water partition coefficient (Wildman–Crippen LogP) is 4.22. The van der Waals surface area contributed by atoms with Gasteiger partial charge < -0.3 is 15.0 Å². The Bertz CT molecular complexity index is 719. The summed E-state index contributed by atoms with van der Waals surface area (Å²) in [5.41, 5.74) is 1.20. The fraction of sp³-hybridized carbons (Fsp3) is 0.524. The molecular formula is C21H30N4O. The minimum absolute atomic E-state index is 0.597. The van der Waals surface area contributed by atoms with Crippen molar-refractivity contribution >= 4 is 11.6 Å². The van der Waals surface area contributed by atoms with Crippen LogP contribution in [0, 0.1) is 6.92 Å². The zero-order valence-corrected chi connectivity index (χ0v) is 16.2. The molecule has 1 aromatic carbocycles. The Morgan fingerprint density at radius 2 is 2.08 bits per heavy atom. The molecule has 0 aliphatic carbocycles. The van der Waals surface area contributed by atoms with Crippen molar-refractivity contribution in [3.8, 4) is 5.75 Å². The number of ether oxygens (including phenoxy) is 1. The van der Waals surface area contributed by atoms with E-state index in [-0.39, 0.29) is 0 Å². The molecule has 0 radical (unpaired) electrons. The summed E-state index contributed by atoms with van der Waals surface area (Å²) in [6.45, 7) is 6.15. The van der Waals surface area contributed by atoms with Gasteiger partial charge >= 0.3 is 0 Å². The summed E-state index contributed by atoms with van der Waals surface area (Å²) in [5, 5.41) is 3.46. The maximum atomic E-state index is 5.43. The molecule has 1 aliphatic rings. The van der Waals surface area contributed by atoms with Crippen LogP contribution >= 0.6 is 0 Å². The average molecular weight is 354 g/mol. The van der Waals surface area contributed by atoms with Gasteiger partial charge in [-0.15, -0.1) is 0 Å². The highest BCUT2D eigenvalue weighted by Gasteiger charge is 2.22. The third-order valence-corrected chi connectivity index (χ3v) is 5.11. The normalized spacial score (nSPS) is 17.2. The third kappa shape index (κ3) is 4.45. The molecule has 1 atom stereocenters. The monoisotopic (exact) mass is 354 g/mol. The Morgan fingerprint density at radius 1 is 1.23 bits per heavy atom. The Balaban J connectivity index is 1.67. The number of aromatic nitrogens is 2. The molecule has 1 aromatic heterocycles. The van der Waals surface area contributed by atoms with E-state index in [2.05, 4.69) is 34.3 Å². The summed E-state index contributed by atoms with van der Waals surface area (Å²) in [6, 6.07) is 10.9. The number of piperidine rings is 1. The molecule has 5 heteroatoms. The van der Waals surface area contributed by atoms with Crippen LogP contribution in [0.3, 0.4) is 0 Å². The maximum Gasteiger partial charge on any atom is 0.134 e. The van der Waals surface area contributed by atoms with E-state index in [9.17, 15) is 0 Å². The molecule has 1 fully saturated rings. The second kappa shape index (κ2) is 8.88. The van der Waals surface area contributed by atoms with Crippen LogP contribution in [-0.4, -0.2) is 36.2 Å². The number of anilines is 2. The van der Waals surface area contributed by atoms with Gasteiger partial charge in [-0.1, -0.05) is 25.1 Å². The lowest BCUT2D eigenvalue weighted by molar-refractivity contribution is 0.410. The van der Waals surface area contributed by atoms with E-state index in [0.29, 0.717) is 6.04 Å². The molecule has 0 spiro atoms. The number of nitrogens with zero attached hydrogens (tertiary/aromatic N) is 3. The molecule has 0 saturated carbocycles. The molecule has 1 aliphatic heterocycles. The minimum Gasteiger partial charge on any atom is -0.496 e. The molecule has 1 saturated heterocycles. The number of nitrogens with one attached hydrogen (secondary N) is 1. The Kier molecular flexibility index (Phi) is 6.31. The van der Waals surface area contributed by atoms with Gasteiger partial charge in [-0.2, -0.15) is 0 Å². The lowest BCUT2D eigenvalue weighted by Gasteiger charge is -2.36. The quantitative estimate of drug-likeness (QED) is 0.807. The van der Waals surface area contributed by atoms with Gasteiger partial charge in [-0.25, -0.2) is 9.97 Å². The van der Waals surface area contributed by atoms with E-state index in [1.807, 2.05) is 25.1 Å². The fourth-order valence-corrected chi connectivity index (χ4v) is 3.75. The van der Waals surface area contributed by atoms with E-state index in [1.165, 1.54) is 31.2 Å². The number of hydrogen-bond acceptors (Lipinski definition) is 5. The van der Waals surface area contributed by atoms with Crippen molar-refractivity contribution in [3.63, 3.8) is 0 Å². The lowest BCUT2D eigenvalue weighted by Crippen LogP contribution is -2.39. The van der Waals surface area contributed by atoms with Crippen LogP contribution in [0.1, 0.15) is 44.0 Å². The number of aryl methyl sites for hydroxylation is 1. The Labute approximate surface area is 156 Å². The molecular weight excluding hydrogens is 324 g/mol. The highest BCUT2D eigenvalue weighted by molar-refractivity contribution is 5.50. The first kappa shape index (κ1) is 18.5. The molecule has 1 unspecified atom stereocenters. The smallest absolute Gasteiger partial charge is 0.134 e. The SMILES string of the molecule is CCC1CCCCN1c1cc(NCCc2ccccc2OC)nc(C)n1. The number of rotatable bonds is 7. The van der Waals surface area contributed by atoms with Gasteiger partial charge in [0.1, 0.15) is 23.2 Å². The van der Waals surface area contributed by atoms with Crippen molar-refractivity contribution in [1.82, 2.24) is 9.97 Å². The van der Waals surface area contributed by atoms with Gasteiger partial charge in [0.25, 0.3) is 0 Å². The van der Waals surface area contributed by atoms with E-state index < -0.39 is 0 Å². The Hall–Kier alpha value is -2.30. The summed E-state index contributed by atoms with van der Waals surface area (Å²) in [7, 11) is 1.72. The second-order valence-corrected chi connectivity index (χ2v) is 6.90. The van der Waals surface area contributed by atoms with Crippen LogP contribution in [-0.2, 0) is 6.42 Å². The van der Waals surface area contributed by atoms with Crippen LogP contribution in [0.5, 0.6) is 5.75 Å². The summed E-state index contributed by atoms with van der Waals surface area (Å²) in [5.74, 6) is 3.72. The van der Waals surface area contributed by atoms with Crippen LogP contribution < -0.4 is 15.0 Å². The molecule has 3 rings (SSSR count). The van der Waals surface area contributed by atoms with Gasteiger partial charge in [0.15, 0.2) is 0 Å². The summed E-state index contributed by atoms with van der Waals surface area (Å²) in [6.07, 6.45) is 5.89. The largest absolute Gasteiger partial charge is 0.496 e. The number of benzene rings is 1. The molecule has 2 heterocycles. The summed E-state index contributed by atoms with van der Waals surface area (Å²) >= 11 is 0. The van der Waals surface area contributed by atoms with Crippen molar-refractivity contribution in [2.75, 3.05) is 30.4 Å². The minimum atomic E-state index is 0.597. The molecule has 0 bridgehead atoms. The molecule has 1 N–H and O–H groups in total. The van der Waals surface area contributed by atoms with E-state index in [4.69, 9.17) is 9.72 Å². The van der Waals surface area contributed by atoms with Crippen molar-refractivity contribution in [1.29, 1.82) is 0 Å². The van der Waals surface area contributed by atoms with Crippen molar-refractivity contribution in [3.05, 3.63) is 41.7 Å². The number of para-hydroxylation sites is 1. The van der Waals surface area contributed by atoms with Gasteiger partial charge in [0.05, 0.1) is 7.11 Å². The third-order valence-electron chi connectivity index (χ3n) is 5.11. The standard InChI is InChI=1S/C21H30N4O/c1-4-18-10-7-8-14-25(18)21-15-20(23-16(2)24-21)22-13-12-17-9-5-6-11-19(17)26-3/h5-6,9,11,15,18H,4,7-8,10,12-14H2,1-3H3,(H,22,23,24). The lowest BCUT2D eigenvalue weighted by atomic mass is 10.00. The molecule has 2 aromatic rings. The van der Waals surface area contributed by atoms with Crippen LogP contribution in [0.4, 0.5) is 11.6 Å². The zero-order chi connectivity index (χ0) is 18.4. The fourth-order valence-electron chi connectivity index (χ4n) is 3.75. The van der Waals surface area contributed by atoms with Crippen LogP contribution in [0.25, 0.3) is 0 Å². The number of hydrogen-bond donors (Lipinski definition) is 1. The van der Waals surface area contributed by atoms with Crippen molar-refractivity contribution in [2.24, 2.45) is 0 Å². The van der Waals surface area contributed by atoms with E-state index in [1.54, 1.807) is 7.11 Å². The van der Waals surface area contributed by atoms with Gasteiger partial charge in [-0.3, -0.25) is 0 Å². The van der Waals surface area contributed by atoms with Crippen LogP contribution in [0.2, 0.25) is 0 Å². The molecule has 5 nitrogen and oxygen atoms in total. The highest BCUT2D eigenvalue weighted by Crippen LogP contribution is 2.26. The van der Waals surface area contributed by atoms with Gasteiger partial charge in [-0.05, 0) is 50.7 Å². The van der Waals surface area contributed by atoms with E-state index >= 15 is 0 Å². The number of methoxy groups -OCH3 is 1. The van der Waals surface area contributed by atoms with Crippen molar-refractivity contribution in [2.45, 2.75) is 52.0 Å².